The molecule has 2 unspecified atom stereocenters. The molecule has 0 spiro atoms. The van der Waals surface area contributed by atoms with Gasteiger partial charge in [0, 0.05) is 6.04 Å². The number of primary amides is 1. The minimum atomic E-state index is -0.617. The molecule has 0 aliphatic heterocycles. The number of hydrogen-bond donors (Lipinski definition) is 2. The summed E-state index contributed by atoms with van der Waals surface area (Å²) < 4.78 is 15.9. The van der Waals surface area contributed by atoms with Gasteiger partial charge in [0.2, 0.25) is 11.7 Å². The SMILES string of the molecule is CCC(C)NC(C(N)=O)c1cc(OC)c(OC)c(OC)c1. The number of rotatable bonds is 8. The van der Waals surface area contributed by atoms with Crippen LogP contribution in [-0.4, -0.2) is 33.3 Å². The van der Waals surface area contributed by atoms with Crippen molar-refractivity contribution in [2.45, 2.75) is 32.4 Å². The van der Waals surface area contributed by atoms with Crippen molar-refractivity contribution in [1.29, 1.82) is 0 Å². The first-order chi connectivity index (χ1) is 9.98. The predicted octanol–water partition coefficient (Wildman–Crippen LogP) is 1.63. The maximum Gasteiger partial charge on any atom is 0.239 e. The van der Waals surface area contributed by atoms with E-state index in [9.17, 15) is 4.79 Å². The molecular formula is C15H24N2O4. The van der Waals surface area contributed by atoms with Gasteiger partial charge in [0.05, 0.1) is 21.3 Å². The molecule has 2 atom stereocenters. The Kier molecular flexibility index (Phi) is 6.30. The van der Waals surface area contributed by atoms with Crippen LogP contribution in [0.3, 0.4) is 0 Å². The van der Waals surface area contributed by atoms with Gasteiger partial charge >= 0.3 is 0 Å². The highest BCUT2D eigenvalue weighted by atomic mass is 16.5. The lowest BCUT2D eigenvalue weighted by Gasteiger charge is -2.22. The van der Waals surface area contributed by atoms with Crippen molar-refractivity contribution >= 4 is 5.91 Å². The lowest BCUT2D eigenvalue weighted by molar-refractivity contribution is -0.120. The molecule has 1 rings (SSSR count). The number of hydrogen-bond acceptors (Lipinski definition) is 5. The zero-order chi connectivity index (χ0) is 16.0. The Morgan fingerprint density at radius 2 is 1.71 bits per heavy atom. The minimum Gasteiger partial charge on any atom is -0.493 e. The van der Waals surface area contributed by atoms with Gasteiger partial charge in [-0.2, -0.15) is 0 Å². The van der Waals surface area contributed by atoms with E-state index in [0.29, 0.717) is 22.8 Å². The molecule has 0 aliphatic carbocycles. The van der Waals surface area contributed by atoms with Crippen LogP contribution >= 0.6 is 0 Å². The van der Waals surface area contributed by atoms with Crippen LogP contribution in [-0.2, 0) is 4.79 Å². The summed E-state index contributed by atoms with van der Waals surface area (Å²) >= 11 is 0. The highest BCUT2D eigenvalue weighted by Crippen LogP contribution is 2.39. The van der Waals surface area contributed by atoms with Crippen molar-refractivity contribution in [1.82, 2.24) is 5.32 Å². The van der Waals surface area contributed by atoms with Gasteiger partial charge in [0.25, 0.3) is 0 Å². The smallest absolute Gasteiger partial charge is 0.239 e. The Balaban J connectivity index is 3.28. The standard InChI is InChI=1S/C15H24N2O4/c1-6-9(2)17-13(15(16)18)10-7-11(19-3)14(21-5)12(8-10)20-4/h7-9,13,17H,6H2,1-5H3,(H2,16,18). The van der Waals surface area contributed by atoms with E-state index in [-0.39, 0.29) is 6.04 Å². The summed E-state index contributed by atoms with van der Waals surface area (Å²) in [5.74, 6) is 1.01. The van der Waals surface area contributed by atoms with Gasteiger partial charge in [-0.05, 0) is 31.0 Å². The first-order valence-corrected chi connectivity index (χ1v) is 6.83. The number of carbonyl (C=O) groups is 1. The van der Waals surface area contributed by atoms with Crippen molar-refractivity contribution in [2.24, 2.45) is 5.73 Å². The fraction of sp³-hybridized carbons (Fsp3) is 0.533. The molecular weight excluding hydrogens is 272 g/mol. The van der Waals surface area contributed by atoms with Crippen LogP contribution in [0.25, 0.3) is 0 Å². The zero-order valence-electron chi connectivity index (χ0n) is 13.2. The van der Waals surface area contributed by atoms with Gasteiger partial charge in [-0.15, -0.1) is 0 Å². The topological polar surface area (TPSA) is 82.8 Å². The number of nitrogens with one attached hydrogen (secondary N) is 1. The molecule has 0 aliphatic rings. The number of methoxy groups -OCH3 is 3. The van der Waals surface area contributed by atoms with E-state index in [1.54, 1.807) is 12.1 Å². The Labute approximate surface area is 125 Å². The van der Waals surface area contributed by atoms with Gasteiger partial charge in [-0.3, -0.25) is 10.1 Å². The summed E-state index contributed by atoms with van der Waals surface area (Å²) in [7, 11) is 4.59. The van der Waals surface area contributed by atoms with Crippen LogP contribution in [0.2, 0.25) is 0 Å². The molecule has 0 radical (unpaired) electrons. The van der Waals surface area contributed by atoms with E-state index in [2.05, 4.69) is 5.32 Å². The van der Waals surface area contributed by atoms with Crippen LogP contribution < -0.4 is 25.3 Å². The summed E-state index contributed by atoms with van der Waals surface area (Å²) in [5.41, 5.74) is 6.19. The fourth-order valence-corrected chi connectivity index (χ4v) is 2.01. The molecule has 0 bridgehead atoms. The second-order valence-electron chi connectivity index (χ2n) is 4.77. The average Bonchev–Trinajstić information content (AvgIpc) is 2.50. The van der Waals surface area contributed by atoms with Gasteiger partial charge in [-0.1, -0.05) is 6.92 Å². The molecule has 118 valence electrons. The normalized spacial score (nSPS) is 13.4. The predicted molar refractivity (Wildman–Crippen MR) is 80.9 cm³/mol. The maximum atomic E-state index is 11.8. The van der Waals surface area contributed by atoms with E-state index < -0.39 is 11.9 Å². The zero-order valence-corrected chi connectivity index (χ0v) is 13.2. The van der Waals surface area contributed by atoms with Crippen LogP contribution in [0, 0.1) is 0 Å². The number of amides is 1. The molecule has 3 N–H and O–H groups in total. The maximum absolute atomic E-state index is 11.8. The van der Waals surface area contributed by atoms with E-state index in [4.69, 9.17) is 19.9 Å². The van der Waals surface area contributed by atoms with E-state index in [1.807, 2.05) is 13.8 Å². The second kappa shape index (κ2) is 7.73. The number of ether oxygens (including phenoxy) is 3. The monoisotopic (exact) mass is 296 g/mol. The molecule has 0 heterocycles. The first-order valence-electron chi connectivity index (χ1n) is 6.83. The van der Waals surface area contributed by atoms with Crippen LogP contribution in [0.15, 0.2) is 12.1 Å². The molecule has 1 amide bonds. The summed E-state index contributed by atoms with van der Waals surface area (Å²) in [5, 5.41) is 3.20. The molecule has 1 aromatic rings. The Bertz CT molecular complexity index is 466. The van der Waals surface area contributed by atoms with E-state index in [1.165, 1.54) is 21.3 Å². The van der Waals surface area contributed by atoms with Crippen molar-refractivity contribution in [3.63, 3.8) is 0 Å². The fourth-order valence-electron chi connectivity index (χ4n) is 2.01. The molecule has 21 heavy (non-hydrogen) atoms. The first kappa shape index (κ1) is 17.1. The third kappa shape index (κ3) is 4.01. The van der Waals surface area contributed by atoms with Crippen molar-refractivity contribution in [2.75, 3.05) is 21.3 Å². The average molecular weight is 296 g/mol. The Hall–Kier alpha value is -1.95. The van der Waals surface area contributed by atoms with Crippen LogP contribution in [0.5, 0.6) is 17.2 Å². The summed E-state index contributed by atoms with van der Waals surface area (Å²) in [6.45, 7) is 4.03. The van der Waals surface area contributed by atoms with Crippen LogP contribution in [0.4, 0.5) is 0 Å². The van der Waals surface area contributed by atoms with Crippen molar-refractivity contribution in [3.8, 4) is 17.2 Å². The highest BCUT2D eigenvalue weighted by Gasteiger charge is 2.23. The van der Waals surface area contributed by atoms with E-state index >= 15 is 0 Å². The van der Waals surface area contributed by atoms with Gasteiger partial charge in [-0.25, -0.2) is 0 Å². The second-order valence-corrected chi connectivity index (χ2v) is 4.77. The molecule has 0 aromatic heterocycles. The number of nitrogens with two attached hydrogens (primary N) is 1. The van der Waals surface area contributed by atoms with Crippen LogP contribution in [0.1, 0.15) is 31.9 Å². The lowest BCUT2D eigenvalue weighted by Crippen LogP contribution is -2.38. The van der Waals surface area contributed by atoms with E-state index in [0.717, 1.165) is 6.42 Å². The molecule has 6 nitrogen and oxygen atoms in total. The third-order valence-corrected chi connectivity index (χ3v) is 3.37. The summed E-state index contributed by atoms with van der Waals surface area (Å²) in [4.78, 5) is 11.8. The summed E-state index contributed by atoms with van der Waals surface area (Å²) in [6.07, 6.45) is 0.883. The van der Waals surface area contributed by atoms with Crippen molar-refractivity contribution < 1.29 is 19.0 Å². The molecule has 6 heteroatoms. The number of benzene rings is 1. The minimum absolute atomic E-state index is 0.154. The highest BCUT2D eigenvalue weighted by molar-refractivity contribution is 5.82. The third-order valence-electron chi connectivity index (χ3n) is 3.37. The van der Waals surface area contributed by atoms with Gasteiger partial charge in [0.15, 0.2) is 11.5 Å². The molecule has 0 saturated carbocycles. The lowest BCUT2D eigenvalue weighted by atomic mass is 10.0. The molecule has 0 saturated heterocycles. The molecule has 1 aromatic carbocycles. The largest absolute Gasteiger partial charge is 0.493 e. The number of carbonyl (C=O) groups excluding carboxylic acids is 1. The summed E-state index contributed by atoms with van der Waals surface area (Å²) in [6, 6.07) is 2.99. The molecule has 0 fully saturated rings. The Morgan fingerprint density at radius 3 is 2.05 bits per heavy atom. The quantitative estimate of drug-likeness (QED) is 0.762. The Morgan fingerprint density at radius 1 is 1.19 bits per heavy atom. The van der Waals surface area contributed by atoms with Gasteiger partial charge < -0.3 is 19.9 Å². The van der Waals surface area contributed by atoms with Crippen molar-refractivity contribution in [3.05, 3.63) is 17.7 Å². The van der Waals surface area contributed by atoms with Gasteiger partial charge in [0.1, 0.15) is 6.04 Å².